The summed E-state index contributed by atoms with van der Waals surface area (Å²) in [4.78, 5) is 12.6. The lowest BCUT2D eigenvalue weighted by Crippen LogP contribution is -2.37. The molecule has 0 saturated heterocycles. The number of carboxylic acids is 1. The van der Waals surface area contributed by atoms with Gasteiger partial charge in [-0.25, -0.2) is 0 Å². The average Bonchev–Trinajstić information content (AvgIpc) is 2.20. The lowest BCUT2D eigenvalue weighted by Gasteiger charge is -2.24. The molecular formula is C13H20N2O2. The van der Waals surface area contributed by atoms with E-state index in [0.717, 1.165) is 5.69 Å². The molecule has 3 N–H and O–H groups in total. The molecule has 1 atom stereocenters. The van der Waals surface area contributed by atoms with Gasteiger partial charge in [0.2, 0.25) is 0 Å². The summed E-state index contributed by atoms with van der Waals surface area (Å²) < 4.78 is 0. The predicted molar refractivity (Wildman–Crippen MR) is 69.4 cm³/mol. The molecular weight excluding hydrogens is 216 g/mol. The van der Waals surface area contributed by atoms with Gasteiger partial charge in [0, 0.05) is 25.3 Å². The predicted octanol–water partition coefficient (Wildman–Crippen LogP) is 1.54. The zero-order valence-electron chi connectivity index (χ0n) is 10.6. The van der Waals surface area contributed by atoms with Crippen molar-refractivity contribution in [1.29, 1.82) is 0 Å². The number of carboxylic acid groups (broad SMARTS) is 1. The van der Waals surface area contributed by atoms with Crippen molar-refractivity contribution in [3.05, 3.63) is 29.3 Å². The Labute approximate surface area is 102 Å². The zero-order chi connectivity index (χ0) is 13.0. The van der Waals surface area contributed by atoms with Crippen LogP contribution in [-0.4, -0.2) is 30.7 Å². The van der Waals surface area contributed by atoms with Gasteiger partial charge in [-0.15, -0.1) is 0 Å². The van der Waals surface area contributed by atoms with Gasteiger partial charge in [-0.05, 0) is 31.0 Å². The van der Waals surface area contributed by atoms with Crippen molar-refractivity contribution in [2.24, 2.45) is 5.73 Å². The van der Waals surface area contributed by atoms with Crippen LogP contribution in [0.25, 0.3) is 0 Å². The SMILES string of the molecule is Cc1ccc(C)c(N(C)CC(N)CC(=O)O)c1. The van der Waals surface area contributed by atoms with Gasteiger partial charge in [0.05, 0.1) is 6.42 Å². The number of aliphatic carboxylic acids is 1. The quantitative estimate of drug-likeness (QED) is 0.814. The molecule has 0 aromatic heterocycles. The normalized spacial score (nSPS) is 12.2. The number of likely N-dealkylation sites (N-methyl/N-ethyl adjacent to an activating group) is 1. The molecule has 1 unspecified atom stereocenters. The highest BCUT2D eigenvalue weighted by Gasteiger charge is 2.12. The first-order valence-electron chi connectivity index (χ1n) is 5.66. The van der Waals surface area contributed by atoms with Crippen LogP contribution in [0.5, 0.6) is 0 Å². The number of nitrogens with two attached hydrogens (primary N) is 1. The van der Waals surface area contributed by atoms with E-state index in [-0.39, 0.29) is 12.5 Å². The van der Waals surface area contributed by atoms with Gasteiger partial charge < -0.3 is 15.7 Å². The van der Waals surface area contributed by atoms with E-state index < -0.39 is 5.97 Å². The van der Waals surface area contributed by atoms with Crippen LogP contribution >= 0.6 is 0 Å². The number of carbonyl (C=O) groups is 1. The van der Waals surface area contributed by atoms with E-state index in [0.29, 0.717) is 6.54 Å². The van der Waals surface area contributed by atoms with E-state index in [1.54, 1.807) is 0 Å². The monoisotopic (exact) mass is 236 g/mol. The van der Waals surface area contributed by atoms with E-state index in [4.69, 9.17) is 10.8 Å². The number of anilines is 1. The zero-order valence-corrected chi connectivity index (χ0v) is 10.6. The highest BCUT2D eigenvalue weighted by atomic mass is 16.4. The van der Waals surface area contributed by atoms with Gasteiger partial charge in [-0.2, -0.15) is 0 Å². The van der Waals surface area contributed by atoms with E-state index in [1.807, 2.05) is 25.8 Å². The molecule has 0 amide bonds. The first-order chi connectivity index (χ1) is 7.90. The number of rotatable bonds is 5. The molecule has 1 aromatic carbocycles. The molecule has 0 bridgehead atoms. The summed E-state index contributed by atoms with van der Waals surface area (Å²) in [5.74, 6) is -0.855. The molecule has 17 heavy (non-hydrogen) atoms. The Morgan fingerprint density at radius 2 is 2.12 bits per heavy atom. The van der Waals surface area contributed by atoms with Crippen LogP contribution in [0.1, 0.15) is 17.5 Å². The average molecular weight is 236 g/mol. The summed E-state index contributed by atoms with van der Waals surface area (Å²) in [7, 11) is 1.93. The molecule has 0 aliphatic carbocycles. The van der Waals surface area contributed by atoms with E-state index in [1.165, 1.54) is 11.1 Å². The lowest BCUT2D eigenvalue weighted by atomic mass is 10.1. The maximum Gasteiger partial charge on any atom is 0.304 e. The number of nitrogens with zero attached hydrogens (tertiary/aromatic N) is 1. The van der Waals surface area contributed by atoms with Crippen molar-refractivity contribution >= 4 is 11.7 Å². The maximum absolute atomic E-state index is 10.6. The summed E-state index contributed by atoms with van der Waals surface area (Å²) in [6.45, 7) is 4.61. The molecule has 0 saturated carbocycles. The topological polar surface area (TPSA) is 66.6 Å². The number of benzene rings is 1. The Hall–Kier alpha value is -1.55. The number of hydrogen-bond donors (Lipinski definition) is 2. The Morgan fingerprint density at radius 1 is 1.47 bits per heavy atom. The van der Waals surface area contributed by atoms with Crippen LogP contribution in [-0.2, 0) is 4.79 Å². The number of aryl methyl sites for hydroxylation is 2. The fourth-order valence-electron chi connectivity index (χ4n) is 1.87. The molecule has 0 aliphatic rings. The highest BCUT2D eigenvalue weighted by molar-refractivity contribution is 5.67. The van der Waals surface area contributed by atoms with Crippen LogP contribution in [0.15, 0.2) is 18.2 Å². The van der Waals surface area contributed by atoms with Gasteiger partial charge in [0.15, 0.2) is 0 Å². The molecule has 4 heteroatoms. The maximum atomic E-state index is 10.6. The van der Waals surface area contributed by atoms with Crippen LogP contribution in [0.3, 0.4) is 0 Å². The molecule has 0 spiro atoms. The molecule has 4 nitrogen and oxygen atoms in total. The molecule has 0 radical (unpaired) electrons. The summed E-state index contributed by atoms with van der Waals surface area (Å²) in [6, 6.07) is 5.86. The summed E-state index contributed by atoms with van der Waals surface area (Å²) >= 11 is 0. The second-order valence-electron chi connectivity index (χ2n) is 4.53. The Kier molecular flexibility index (Phi) is 4.52. The van der Waals surface area contributed by atoms with Crippen LogP contribution in [0.2, 0.25) is 0 Å². The second kappa shape index (κ2) is 5.68. The van der Waals surface area contributed by atoms with Crippen LogP contribution in [0.4, 0.5) is 5.69 Å². The standard InChI is InChI=1S/C13H20N2O2/c1-9-4-5-10(2)12(6-9)15(3)8-11(14)7-13(16)17/h4-6,11H,7-8,14H2,1-3H3,(H,16,17). The Balaban J connectivity index is 2.72. The first-order valence-corrected chi connectivity index (χ1v) is 5.66. The van der Waals surface area contributed by atoms with Gasteiger partial charge >= 0.3 is 5.97 Å². The smallest absolute Gasteiger partial charge is 0.304 e. The second-order valence-corrected chi connectivity index (χ2v) is 4.53. The van der Waals surface area contributed by atoms with Crippen molar-refractivity contribution in [2.75, 3.05) is 18.5 Å². The van der Waals surface area contributed by atoms with Gasteiger partial charge in [-0.1, -0.05) is 12.1 Å². The largest absolute Gasteiger partial charge is 0.481 e. The summed E-state index contributed by atoms with van der Waals surface area (Å²) in [6.07, 6.45) is -0.00476. The molecule has 1 aromatic rings. The van der Waals surface area contributed by atoms with Gasteiger partial charge in [0.1, 0.15) is 0 Å². The minimum atomic E-state index is -0.855. The Morgan fingerprint density at radius 3 is 2.71 bits per heavy atom. The summed E-state index contributed by atoms with van der Waals surface area (Å²) in [5, 5.41) is 8.67. The molecule has 94 valence electrons. The lowest BCUT2D eigenvalue weighted by molar-refractivity contribution is -0.137. The van der Waals surface area contributed by atoms with Crippen molar-refractivity contribution in [3.63, 3.8) is 0 Å². The molecule has 1 rings (SSSR count). The Bertz CT molecular complexity index is 404. The van der Waals surface area contributed by atoms with Crippen molar-refractivity contribution in [1.82, 2.24) is 0 Å². The van der Waals surface area contributed by atoms with Gasteiger partial charge in [-0.3, -0.25) is 4.79 Å². The van der Waals surface area contributed by atoms with Crippen molar-refractivity contribution < 1.29 is 9.90 Å². The van der Waals surface area contributed by atoms with Gasteiger partial charge in [0.25, 0.3) is 0 Å². The molecule has 0 heterocycles. The van der Waals surface area contributed by atoms with Crippen LogP contribution < -0.4 is 10.6 Å². The molecule has 0 aliphatic heterocycles. The third kappa shape index (κ3) is 4.07. The fraction of sp³-hybridized carbons (Fsp3) is 0.462. The highest BCUT2D eigenvalue weighted by Crippen LogP contribution is 2.20. The summed E-state index contributed by atoms with van der Waals surface area (Å²) in [5.41, 5.74) is 9.23. The minimum Gasteiger partial charge on any atom is -0.481 e. The van der Waals surface area contributed by atoms with Crippen molar-refractivity contribution in [3.8, 4) is 0 Å². The van der Waals surface area contributed by atoms with E-state index >= 15 is 0 Å². The third-order valence-corrected chi connectivity index (χ3v) is 2.72. The molecule has 0 fully saturated rings. The van der Waals surface area contributed by atoms with E-state index in [9.17, 15) is 4.79 Å². The van der Waals surface area contributed by atoms with Crippen molar-refractivity contribution in [2.45, 2.75) is 26.3 Å². The minimum absolute atomic E-state index is 0.00476. The first kappa shape index (κ1) is 13.5. The fourth-order valence-corrected chi connectivity index (χ4v) is 1.87. The van der Waals surface area contributed by atoms with E-state index in [2.05, 4.69) is 18.2 Å². The third-order valence-electron chi connectivity index (χ3n) is 2.72. The number of hydrogen-bond acceptors (Lipinski definition) is 3. The van der Waals surface area contributed by atoms with Crippen LogP contribution in [0, 0.1) is 13.8 Å².